The van der Waals surface area contributed by atoms with Crippen LogP contribution in [0, 0.1) is 10.1 Å². The summed E-state index contributed by atoms with van der Waals surface area (Å²) in [7, 11) is 0. The Balaban J connectivity index is 1.59. The van der Waals surface area contributed by atoms with Gasteiger partial charge in [0.05, 0.1) is 27.3 Å². The molecule has 3 heterocycles. The first kappa shape index (κ1) is 17.5. The van der Waals surface area contributed by atoms with E-state index in [1.165, 1.54) is 12.1 Å². The standard InChI is InChI=1S/C22H13N3O6/c26-25(27)14-3-4-15-16(9-14)24-22(13-2-6-18-20(8-13)31-11-29-18)21(23-15)12-1-5-17-19(7-12)30-10-28-17/h1-9H,10-11H2. The largest absolute Gasteiger partial charge is 0.454 e. The van der Waals surface area contributed by atoms with Crippen molar-refractivity contribution in [2.24, 2.45) is 0 Å². The predicted octanol–water partition coefficient (Wildman–Crippen LogP) is 4.33. The molecule has 2 aliphatic rings. The van der Waals surface area contributed by atoms with Crippen LogP contribution in [0.1, 0.15) is 0 Å². The van der Waals surface area contributed by atoms with Crippen molar-refractivity contribution >= 4 is 16.7 Å². The molecule has 6 rings (SSSR count). The van der Waals surface area contributed by atoms with E-state index in [4.69, 9.17) is 28.9 Å². The summed E-state index contributed by atoms with van der Waals surface area (Å²) < 4.78 is 21.8. The van der Waals surface area contributed by atoms with Gasteiger partial charge in [0.15, 0.2) is 23.0 Å². The van der Waals surface area contributed by atoms with E-state index in [-0.39, 0.29) is 19.3 Å². The van der Waals surface area contributed by atoms with Crippen LogP contribution in [0.2, 0.25) is 0 Å². The number of fused-ring (bicyclic) bond motifs is 3. The van der Waals surface area contributed by atoms with E-state index < -0.39 is 4.92 Å². The van der Waals surface area contributed by atoms with Crippen molar-refractivity contribution in [3.8, 4) is 45.5 Å². The first-order chi connectivity index (χ1) is 15.2. The molecular weight excluding hydrogens is 402 g/mol. The van der Waals surface area contributed by atoms with Gasteiger partial charge in [-0.25, -0.2) is 9.97 Å². The maximum atomic E-state index is 11.2. The number of non-ortho nitro benzene ring substituents is 1. The van der Waals surface area contributed by atoms with Crippen molar-refractivity contribution in [2.75, 3.05) is 13.6 Å². The first-order valence-electron chi connectivity index (χ1n) is 9.42. The lowest BCUT2D eigenvalue weighted by Gasteiger charge is -2.11. The van der Waals surface area contributed by atoms with E-state index in [1.54, 1.807) is 12.1 Å². The summed E-state index contributed by atoms with van der Waals surface area (Å²) in [5.74, 6) is 2.55. The summed E-state index contributed by atoms with van der Waals surface area (Å²) in [5.41, 5.74) is 3.62. The molecule has 0 radical (unpaired) electrons. The molecule has 2 aliphatic heterocycles. The third kappa shape index (κ3) is 2.86. The number of ether oxygens (including phenoxy) is 4. The van der Waals surface area contributed by atoms with Crippen molar-refractivity contribution in [2.45, 2.75) is 0 Å². The number of nitrogens with zero attached hydrogens (tertiary/aromatic N) is 3. The Hall–Kier alpha value is -4.40. The van der Waals surface area contributed by atoms with E-state index in [0.29, 0.717) is 45.4 Å². The molecule has 152 valence electrons. The van der Waals surface area contributed by atoms with Gasteiger partial charge in [0.1, 0.15) is 0 Å². The second-order valence-electron chi connectivity index (χ2n) is 6.99. The highest BCUT2D eigenvalue weighted by Gasteiger charge is 2.21. The average Bonchev–Trinajstić information content (AvgIpc) is 3.45. The molecule has 0 saturated carbocycles. The molecule has 0 bridgehead atoms. The lowest BCUT2D eigenvalue weighted by atomic mass is 10.0. The average molecular weight is 415 g/mol. The van der Waals surface area contributed by atoms with Gasteiger partial charge < -0.3 is 18.9 Å². The van der Waals surface area contributed by atoms with Crippen LogP contribution in [-0.2, 0) is 0 Å². The van der Waals surface area contributed by atoms with Crippen LogP contribution < -0.4 is 18.9 Å². The van der Waals surface area contributed by atoms with E-state index in [0.717, 1.165) is 11.1 Å². The lowest BCUT2D eigenvalue weighted by molar-refractivity contribution is -0.384. The quantitative estimate of drug-likeness (QED) is 0.360. The molecule has 9 nitrogen and oxygen atoms in total. The summed E-state index contributed by atoms with van der Waals surface area (Å²) in [6, 6.07) is 15.5. The van der Waals surface area contributed by atoms with E-state index >= 15 is 0 Å². The van der Waals surface area contributed by atoms with E-state index in [1.807, 2.05) is 30.3 Å². The molecule has 9 heteroatoms. The van der Waals surface area contributed by atoms with Crippen molar-refractivity contribution in [3.05, 3.63) is 64.7 Å². The Morgan fingerprint density at radius 2 is 1.23 bits per heavy atom. The fourth-order valence-electron chi connectivity index (χ4n) is 3.65. The molecule has 31 heavy (non-hydrogen) atoms. The minimum atomic E-state index is -0.451. The number of benzene rings is 3. The highest BCUT2D eigenvalue weighted by Crippen LogP contribution is 2.41. The monoisotopic (exact) mass is 415 g/mol. The van der Waals surface area contributed by atoms with Gasteiger partial charge in [-0.1, -0.05) is 0 Å². The van der Waals surface area contributed by atoms with Gasteiger partial charge >= 0.3 is 0 Å². The minimum Gasteiger partial charge on any atom is -0.454 e. The normalized spacial score (nSPS) is 13.5. The maximum absolute atomic E-state index is 11.2. The third-order valence-electron chi connectivity index (χ3n) is 5.15. The van der Waals surface area contributed by atoms with Gasteiger partial charge in [0, 0.05) is 23.3 Å². The Bertz CT molecular complexity index is 1390. The number of nitro groups is 1. The maximum Gasteiger partial charge on any atom is 0.271 e. The van der Waals surface area contributed by atoms with Gasteiger partial charge in [-0.2, -0.15) is 0 Å². The van der Waals surface area contributed by atoms with Crippen LogP contribution >= 0.6 is 0 Å². The molecule has 0 amide bonds. The van der Waals surface area contributed by atoms with Crippen molar-refractivity contribution in [1.82, 2.24) is 9.97 Å². The second-order valence-corrected chi connectivity index (χ2v) is 6.99. The Kier molecular flexibility index (Phi) is 3.69. The molecule has 4 aromatic rings. The summed E-state index contributed by atoms with van der Waals surface area (Å²) in [6.07, 6.45) is 0. The van der Waals surface area contributed by atoms with Crippen molar-refractivity contribution in [1.29, 1.82) is 0 Å². The Morgan fingerprint density at radius 1 is 0.677 bits per heavy atom. The number of rotatable bonds is 3. The summed E-state index contributed by atoms with van der Waals surface area (Å²) in [6.45, 7) is 0.324. The predicted molar refractivity (Wildman–Crippen MR) is 109 cm³/mol. The van der Waals surface area contributed by atoms with Crippen molar-refractivity contribution in [3.63, 3.8) is 0 Å². The van der Waals surface area contributed by atoms with Crippen molar-refractivity contribution < 1.29 is 23.9 Å². The minimum absolute atomic E-state index is 0.0470. The molecule has 0 spiro atoms. The van der Waals surface area contributed by atoms with E-state index in [9.17, 15) is 10.1 Å². The molecule has 0 saturated heterocycles. The zero-order valence-electron chi connectivity index (χ0n) is 15.9. The molecule has 0 atom stereocenters. The first-order valence-corrected chi connectivity index (χ1v) is 9.42. The Morgan fingerprint density at radius 3 is 1.81 bits per heavy atom. The van der Waals surface area contributed by atoms with Gasteiger partial charge in [-0.3, -0.25) is 10.1 Å². The number of aromatic nitrogens is 2. The smallest absolute Gasteiger partial charge is 0.271 e. The summed E-state index contributed by atoms with van der Waals surface area (Å²) in [4.78, 5) is 20.3. The molecule has 0 fully saturated rings. The Labute approximate surface area is 174 Å². The number of nitro benzene ring substituents is 1. The molecule has 1 aromatic heterocycles. The van der Waals surface area contributed by atoms with Crippen LogP contribution in [0.5, 0.6) is 23.0 Å². The highest BCUT2D eigenvalue weighted by molar-refractivity contribution is 5.88. The number of hydrogen-bond donors (Lipinski definition) is 0. The summed E-state index contributed by atoms with van der Waals surface area (Å²) >= 11 is 0. The lowest BCUT2D eigenvalue weighted by Crippen LogP contribution is -1.97. The van der Waals surface area contributed by atoms with Crippen LogP contribution in [0.4, 0.5) is 5.69 Å². The van der Waals surface area contributed by atoms with Crippen LogP contribution in [0.3, 0.4) is 0 Å². The number of hydrogen-bond acceptors (Lipinski definition) is 8. The zero-order chi connectivity index (χ0) is 20.9. The molecule has 3 aromatic carbocycles. The van der Waals surface area contributed by atoms with E-state index in [2.05, 4.69) is 0 Å². The summed E-state index contributed by atoms with van der Waals surface area (Å²) in [5, 5.41) is 11.2. The van der Waals surface area contributed by atoms with Crippen LogP contribution in [0.25, 0.3) is 33.5 Å². The van der Waals surface area contributed by atoms with Gasteiger partial charge in [0.2, 0.25) is 13.6 Å². The SMILES string of the molecule is O=[N+]([O-])c1ccc2nc(-c3ccc4c(c3)OCO4)c(-c3ccc4c(c3)OCO4)nc2c1. The van der Waals surface area contributed by atoms with Gasteiger partial charge in [0.25, 0.3) is 5.69 Å². The molecule has 0 unspecified atom stereocenters. The highest BCUT2D eigenvalue weighted by atomic mass is 16.7. The zero-order valence-corrected chi connectivity index (χ0v) is 15.9. The van der Waals surface area contributed by atoms with Gasteiger partial charge in [-0.05, 0) is 42.5 Å². The van der Waals surface area contributed by atoms with Crippen LogP contribution in [-0.4, -0.2) is 28.5 Å². The fraction of sp³-hybridized carbons (Fsp3) is 0.0909. The van der Waals surface area contributed by atoms with Gasteiger partial charge in [-0.15, -0.1) is 0 Å². The third-order valence-corrected chi connectivity index (χ3v) is 5.15. The molecule has 0 N–H and O–H groups in total. The molecule has 0 aliphatic carbocycles. The molecular formula is C22H13N3O6. The topological polar surface area (TPSA) is 106 Å². The fourth-order valence-corrected chi connectivity index (χ4v) is 3.65. The second kappa shape index (κ2) is 6.56. The van der Waals surface area contributed by atoms with Crippen LogP contribution in [0.15, 0.2) is 54.6 Å².